The first kappa shape index (κ1) is 18.4. The third-order valence-electron chi connectivity index (χ3n) is 4.34. The molecule has 0 bridgehead atoms. The van der Waals surface area contributed by atoms with Crippen molar-refractivity contribution < 1.29 is 12.9 Å². The quantitative estimate of drug-likeness (QED) is 0.820. The highest BCUT2D eigenvalue weighted by Crippen LogP contribution is 2.32. The molecule has 0 amide bonds. The van der Waals surface area contributed by atoms with Crippen LogP contribution >= 0.6 is 0 Å². The van der Waals surface area contributed by atoms with E-state index in [0.29, 0.717) is 18.3 Å². The van der Waals surface area contributed by atoms with Crippen LogP contribution in [0, 0.1) is 0 Å². The van der Waals surface area contributed by atoms with Gasteiger partial charge in [-0.3, -0.25) is 0 Å². The lowest BCUT2D eigenvalue weighted by Crippen LogP contribution is -2.46. The van der Waals surface area contributed by atoms with Crippen molar-refractivity contribution in [3.63, 3.8) is 0 Å². The minimum Gasteiger partial charge on any atom is -0.339 e. The van der Waals surface area contributed by atoms with Gasteiger partial charge in [-0.25, -0.2) is 0 Å². The predicted molar refractivity (Wildman–Crippen MR) is 88.1 cm³/mol. The van der Waals surface area contributed by atoms with Crippen LogP contribution in [0.3, 0.4) is 0 Å². The van der Waals surface area contributed by atoms with Crippen molar-refractivity contribution in [2.24, 2.45) is 0 Å². The topological polar surface area (TPSA) is 79.5 Å². The molecule has 1 atom stereocenters. The third kappa shape index (κ3) is 3.92. The van der Waals surface area contributed by atoms with Crippen LogP contribution in [0.1, 0.15) is 77.1 Å². The van der Waals surface area contributed by atoms with E-state index in [1.54, 1.807) is 11.4 Å². The van der Waals surface area contributed by atoms with Gasteiger partial charge in [0.05, 0.1) is 6.04 Å². The van der Waals surface area contributed by atoms with Crippen molar-refractivity contribution in [1.82, 2.24) is 18.8 Å². The number of hydrogen-bond donors (Lipinski definition) is 0. The van der Waals surface area contributed by atoms with Crippen LogP contribution in [0.15, 0.2) is 4.52 Å². The largest absolute Gasteiger partial charge is 0.339 e. The first-order chi connectivity index (χ1) is 10.7. The molecule has 1 fully saturated rings. The van der Waals surface area contributed by atoms with Crippen LogP contribution in [0.2, 0.25) is 0 Å². The molecule has 1 aliphatic heterocycles. The molecular weight excluding hydrogens is 316 g/mol. The van der Waals surface area contributed by atoms with E-state index in [1.807, 2.05) is 27.7 Å². The van der Waals surface area contributed by atoms with Crippen LogP contribution < -0.4 is 0 Å². The van der Waals surface area contributed by atoms with Crippen LogP contribution in [0.4, 0.5) is 0 Å². The SMILES string of the molecule is CC(C)c1nc([C@H]2CCCCCN2S(=O)(=O)N(C)C(C)C)no1. The van der Waals surface area contributed by atoms with Crippen molar-refractivity contribution in [2.75, 3.05) is 13.6 Å². The highest BCUT2D eigenvalue weighted by Gasteiger charge is 2.38. The Morgan fingerprint density at radius 2 is 1.91 bits per heavy atom. The first-order valence-electron chi connectivity index (χ1n) is 8.33. The van der Waals surface area contributed by atoms with Gasteiger partial charge in [-0.05, 0) is 26.7 Å². The van der Waals surface area contributed by atoms with Gasteiger partial charge in [0.2, 0.25) is 5.89 Å². The monoisotopic (exact) mass is 344 g/mol. The van der Waals surface area contributed by atoms with Gasteiger partial charge < -0.3 is 4.52 Å². The summed E-state index contributed by atoms with van der Waals surface area (Å²) in [7, 11) is -1.93. The van der Waals surface area contributed by atoms with E-state index in [1.165, 1.54) is 4.31 Å². The normalized spacial score (nSPS) is 21.3. The molecular formula is C15H28N4O3S. The zero-order valence-electron chi connectivity index (χ0n) is 14.7. The zero-order chi connectivity index (χ0) is 17.2. The number of rotatable bonds is 5. The van der Waals surface area contributed by atoms with Crippen LogP contribution in [0.25, 0.3) is 0 Å². The van der Waals surface area contributed by atoms with Crippen LogP contribution in [-0.2, 0) is 10.2 Å². The molecule has 132 valence electrons. The lowest BCUT2D eigenvalue weighted by atomic mass is 10.1. The van der Waals surface area contributed by atoms with Crippen molar-refractivity contribution in [3.8, 4) is 0 Å². The van der Waals surface area contributed by atoms with Crippen molar-refractivity contribution in [1.29, 1.82) is 0 Å². The van der Waals surface area contributed by atoms with E-state index in [-0.39, 0.29) is 18.0 Å². The minimum absolute atomic E-state index is 0.0969. The average Bonchev–Trinajstić information content (AvgIpc) is 2.84. The maximum absolute atomic E-state index is 13.0. The predicted octanol–water partition coefficient (Wildman–Crippen LogP) is 2.70. The summed E-state index contributed by atoms with van der Waals surface area (Å²) in [5.74, 6) is 1.17. The van der Waals surface area contributed by atoms with Crippen molar-refractivity contribution in [2.45, 2.75) is 71.4 Å². The molecule has 0 aromatic carbocycles. The van der Waals surface area contributed by atoms with Gasteiger partial charge in [-0.2, -0.15) is 22.0 Å². The molecule has 0 radical (unpaired) electrons. The standard InChI is InChI=1S/C15H28N4O3S/c1-11(2)15-16-14(17-22-15)13-9-7-6-8-10-19(13)23(20,21)18(5)12(3)4/h11-13H,6-10H2,1-5H3/t13-/m1/s1. The van der Waals surface area contributed by atoms with E-state index in [2.05, 4.69) is 10.1 Å². The second kappa shape index (κ2) is 7.27. The fraction of sp³-hybridized carbons (Fsp3) is 0.867. The van der Waals surface area contributed by atoms with E-state index in [9.17, 15) is 8.42 Å². The Labute approximate surface area is 139 Å². The fourth-order valence-electron chi connectivity index (χ4n) is 2.66. The molecule has 1 aliphatic rings. The van der Waals surface area contributed by atoms with Crippen molar-refractivity contribution in [3.05, 3.63) is 11.7 Å². The molecule has 1 aromatic heterocycles. The Kier molecular flexibility index (Phi) is 5.80. The molecule has 2 heterocycles. The van der Waals surface area contributed by atoms with Crippen LogP contribution in [-0.4, -0.2) is 46.8 Å². The summed E-state index contributed by atoms with van der Waals surface area (Å²) in [6, 6.07) is -0.444. The van der Waals surface area contributed by atoms with Gasteiger partial charge in [-0.1, -0.05) is 31.8 Å². The summed E-state index contributed by atoms with van der Waals surface area (Å²) in [4.78, 5) is 4.44. The Balaban J connectivity index is 2.36. The first-order valence-corrected chi connectivity index (χ1v) is 9.73. The lowest BCUT2D eigenvalue weighted by Gasteiger charge is -2.32. The Morgan fingerprint density at radius 1 is 1.22 bits per heavy atom. The summed E-state index contributed by atoms with van der Waals surface area (Å²) in [5.41, 5.74) is 0. The molecule has 23 heavy (non-hydrogen) atoms. The molecule has 0 saturated carbocycles. The van der Waals surface area contributed by atoms with E-state index >= 15 is 0 Å². The minimum atomic E-state index is -3.55. The summed E-state index contributed by atoms with van der Waals surface area (Å²) in [6.45, 7) is 8.19. The van der Waals surface area contributed by atoms with Gasteiger partial charge in [0, 0.05) is 25.6 Å². The van der Waals surface area contributed by atoms with E-state index < -0.39 is 10.2 Å². The summed E-state index contributed by atoms with van der Waals surface area (Å²) >= 11 is 0. The Hall–Kier alpha value is -0.990. The highest BCUT2D eigenvalue weighted by molar-refractivity contribution is 7.86. The summed E-state index contributed by atoms with van der Waals surface area (Å²) < 4.78 is 34.2. The average molecular weight is 344 g/mol. The molecule has 1 aromatic rings. The van der Waals surface area contributed by atoms with E-state index in [0.717, 1.165) is 25.7 Å². The van der Waals surface area contributed by atoms with E-state index in [4.69, 9.17) is 4.52 Å². The second-order valence-electron chi connectivity index (χ2n) is 6.74. The lowest BCUT2D eigenvalue weighted by molar-refractivity contribution is 0.271. The molecule has 1 saturated heterocycles. The molecule has 0 aliphatic carbocycles. The number of aromatic nitrogens is 2. The summed E-state index contributed by atoms with van der Waals surface area (Å²) in [6.07, 6.45) is 3.56. The molecule has 0 spiro atoms. The van der Waals surface area contributed by atoms with Gasteiger partial charge in [0.15, 0.2) is 5.82 Å². The third-order valence-corrected chi connectivity index (χ3v) is 6.52. The van der Waals surface area contributed by atoms with Crippen LogP contribution in [0.5, 0.6) is 0 Å². The molecule has 7 nitrogen and oxygen atoms in total. The molecule has 0 unspecified atom stereocenters. The molecule has 8 heteroatoms. The number of nitrogens with zero attached hydrogens (tertiary/aromatic N) is 4. The summed E-state index contributed by atoms with van der Waals surface area (Å²) in [5, 5.41) is 4.06. The van der Waals surface area contributed by atoms with Gasteiger partial charge in [0.25, 0.3) is 10.2 Å². The highest BCUT2D eigenvalue weighted by atomic mass is 32.2. The van der Waals surface area contributed by atoms with Crippen molar-refractivity contribution >= 4 is 10.2 Å². The Bertz CT molecular complexity index is 612. The number of hydrogen-bond acceptors (Lipinski definition) is 5. The Morgan fingerprint density at radius 3 is 2.48 bits per heavy atom. The van der Waals surface area contributed by atoms with Gasteiger partial charge in [-0.15, -0.1) is 0 Å². The fourth-order valence-corrected chi connectivity index (χ4v) is 4.41. The molecule has 2 rings (SSSR count). The van der Waals surface area contributed by atoms with Gasteiger partial charge >= 0.3 is 0 Å². The maximum atomic E-state index is 13.0. The second-order valence-corrected chi connectivity index (χ2v) is 8.68. The zero-order valence-corrected chi connectivity index (χ0v) is 15.5. The molecule has 0 N–H and O–H groups in total. The maximum Gasteiger partial charge on any atom is 0.282 e. The smallest absolute Gasteiger partial charge is 0.282 e. The van der Waals surface area contributed by atoms with Gasteiger partial charge in [0.1, 0.15) is 0 Å².